The first kappa shape index (κ1) is 24.4. The van der Waals surface area contributed by atoms with Crippen molar-refractivity contribution in [3.05, 3.63) is 130 Å². The molecule has 0 fully saturated rings. The molecular formula is C27H22BrN3O3S. The molecule has 1 N–H and O–H groups in total. The van der Waals surface area contributed by atoms with Crippen molar-refractivity contribution in [3.63, 3.8) is 0 Å². The average molecular weight is 548 g/mol. The van der Waals surface area contributed by atoms with E-state index in [4.69, 9.17) is 0 Å². The Labute approximate surface area is 213 Å². The number of carbonyl (C=O) groups excluding carboxylic acids is 1. The van der Waals surface area contributed by atoms with Gasteiger partial charge in [-0.1, -0.05) is 88.7 Å². The van der Waals surface area contributed by atoms with Gasteiger partial charge in [-0.05, 0) is 47.5 Å². The Kier molecular flexibility index (Phi) is 7.74. The molecule has 0 spiro atoms. The zero-order valence-corrected chi connectivity index (χ0v) is 21.0. The third-order valence-electron chi connectivity index (χ3n) is 5.15. The van der Waals surface area contributed by atoms with Gasteiger partial charge in [0.25, 0.3) is 15.9 Å². The predicted molar refractivity (Wildman–Crippen MR) is 142 cm³/mol. The molecule has 0 heterocycles. The number of anilines is 1. The lowest BCUT2D eigenvalue weighted by molar-refractivity contribution is 0.0956. The van der Waals surface area contributed by atoms with Crippen molar-refractivity contribution in [1.82, 2.24) is 5.43 Å². The number of sulfonamides is 1. The molecule has 0 unspecified atom stereocenters. The van der Waals surface area contributed by atoms with Crippen LogP contribution in [0, 0.1) is 0 Å². The lowest BCUT2D eigenvalue weighted by Gasteiger charge is -2.26. The van der Waals surface area contributed by atoms with Crippen LogP contribution in [-0.2, 0) is 16.6 Å². The Balaban J connectivity index is 1.70. The summed E-state index contributed by atoms with van der Waals surface area (Å²) >= 11 is 3.40. The fourth-order valence-electron chi connectivity index (χ4n) is 3.46. The molecule has 35 heavy (non-hydrogen) atoms. The standard InChI is InChI=1S/C27H22BrN3O3S/c28-23-13-9-12-22(18-23)19-29-30-27(32)25-16-7-8-17-26(25)31(20-21-10-3-1-4-11-21)35(33,34)24-14-5-2-6-15-24/h1-19H,20H2,(H,30,32)/b29-19-. The number of amides is 1. The number of halogens is 1. The predicted octanol–water partition coefficient (Wildman–Crippen LogP) is 5.61. The van der Waals surface area contributed by atoms with Crippen molar-refractivity contribution in [2.75, 3.05) is 4.31 Å². The van der Waals surface area contributed by atoms with Gasteiger partial charge in [0, 0.05) is 4.47 Å². The Morgan fingerprint density at radius 2 is 1.51 bits per heavy atom. The van der Waals surface area contributed by atoms with Gasteiger partial charge < -0.3 is 0 Å². The number of nitrogens with one attached hydrogen (secondary N) is 1. The number of para-hydroxylation sites is 1. The van der Waals surface area contributed by atoms with E-state index in [1.807, 2.05) is 54.6 Å². The number of hydrazone groups is 1. The molecule has 4 aromatic rings. The minimum Gasteiger partial charge on any atom is -0.267 e. The molecule has 0 aromatic heterocycles. The summed E-state index contributed by atoms with van der Waals surface area (Å²) in [6, 6.07) is 31.5. The molecule has 0 atom stereocenters. The zero-order valence-electron chi connectivity index (χ0n) is 18.6. The molecule has 1 amide bonds. The van der Waals surface area contributed by atoms with Gasteiger partial charge >= 0.3 is 0 Å². The normalized spacial score (nSPS) is 11.3. The molecular weight excluding hydrogens is 526 g/mol. The van der Waals surface area contributed by atoms with E-state index in [2.05, 4.69) is 26.5 Å². The summed E-state index contributed by atoms with van der Waals surface area (Å²) in [6.45, 7) is 0.0592. The number of hydrogen-bond acceptors (Lipinski definition) is 4. The molecule has 0 bridgehead atoms. The van der Waals surface area contributed by atoms with E-state index in [-0.39, 0.29) is 22.7 Å². The van der Waals surface area contributed by atoms with E-state index in [1.54, 1.807) is 42.5 Å². The van der Waals surface area contributed by atoms with Crippen molar-refractivity contribution >= 4 is 43.8 Å². The number of nitrogens with zero attached hydrogens (tertiary/aromatic N) is 2. The second kappa shape index (κ2) is 11.1. The van der Waals surface area contributed by atoms with Crippen molar-refractivity contribution < 1.29 is 13.2 Å². The lowest BCUT2D eigenvalue weighted by Crippen LogP contribution is -2.33. The van der Waals surface area contributed by atoms with E-state index in [9.17, 15) is 13.2 Å². The second-order valence-electron chi connectivity index (χ2n) is 7.58. The molecule has 176 valence electrons. The average Bonchev–Trinajstić information content (AvgIpc) is 2.88. The van der Waals surface area contributed by atoms with Crippen molar-refractivity contribution in [3.8, 4) is 0 Å². The first-order chi connectivity index (χ1) is 16.9. The third kappa shape index (κ3) is 6.03. The topological polar surface area (TPSA) is 78.8 Å². The van der Waals surface area contributed by atoms with Gasteiger partial charge in [-0.25, -0.2) is 13.8 Å². The van der Waals surface area contributed by atoms with Crippen LogP contribution < -0.4 is 9.73 Å². The summed E-state index contributed by atoms with van der Waals surface area (Å²) in [5, 5.41) is 4.05. The van der Waals surface area contributed by atoms with Crippen molar-refractivity contribution in [2.24, 2.45) is 5.10 Å². The maximum absolute atomic E-state index is 13.7. The van der Waals surface area contributed by atoms with Gasteiger partial charge in [0.1, 0.15) is 0 Å². The van der Waals surface area contributed by atoms with E-state index in [0.717, 1.165) is 15.6 Å². The molecule has 8 heteroatoms. The molecule has 0 aliphatic rings. The molecule has 4 rings (SSSR count). The second-order valence-corrected chi connectivity index (χ2v) is 10.4. The fourth-order valence-corrected chi connectivity index (χ4v) is 5.37. The molecule has 0 saturated heterocycles. The Bertz CT molecular complexity index is 1440. The van der Waals surface area contributed by atoms with Crippen LogP contribution >= 0.6 is 15.9 Å². The lowest BCUT2D eigenvalue weighted by atomic mass is 10.1. The first-order valence-corrected chi connectivity index (χ1v) is 13.0. The number of rotatable bonds is 8. The summed E-state index contributed by atoms with van der Waals surface area (Å²) in [5.74, 6) is -0.520. The maximum atomic E-state index is 13.7. The van der Waals surface area contributed by atoms with Crippen LogP contribution in [0.2, 0.25) is 0 Å². The van der Waals surface area contributed by atoms with E-state index in [1.165, 1.54) is 22.7 Å². The molecule has 0 aliphatic carbocycles. The molecule has 0 aliphatic heterocycles. The zero-order chi connectivity index (χ0) is 24.7. The highest BCUT2D eigenvalue weighted by atomic mass is 79.9. The van der Waals surface area contributed by atoms with Crippen LogP contribution in [0.4, 0.5) is 5.69 Å². The smallest absolute Gasteiger partial charge is 0.267 e. The van der Waals surface area contributed by atoms with Crippen molar-refractivity contribution in [2.45, 2.75) is 11.4 Å². The number of carbonyl (C=O) groups is 1. The highest BCUT2D eigenvalue weighted by Gasteiger charge is 2.28. The summed E-state index contributed by atoms with van der Waals surface area (Å²) < 4.78 is 29.6. The first-order valence-electron chi connectivity index (χ1n) is 10.7. The van der Waals surface area contributed by atoms with Crippen LogP contribution in [0.5, 0.6) is 0 Å². The molecule has 4 aromatic carbocycles. The van der Waals surface area contributed by atoms with Crippen LogP contribution in [-0.4, -0.2) is 20.5 Å². The number of benzene rings is 4. The Morgan fingerprint density at radius 3 is 2.23 bits per heavy atom. The minimum absolute atomic E-state index is 0.0592. The van der Waals surface area contributed by atoms with Gasteiger partial charge in [0.15, 0.2) is 0 Å². The summed E-state index contributed by atoms with van der Waals surface area (Å²) in [7, 11) is -3.97. The van der Waals surface area contributed by atoms with Gasteiger partial charge in [-0.15, -0.1) is 0 Å². The van der Waals surface area contributed by atoms with E-state index in [0.29, 0.717) is 0 Å². The Hall–Kier alpha value is -3.75. The monoisotopic (exact) mass is 547 g/mol. The number of hydrogen-bond donors (Lipinski definition) is 1. The Morgan fingerprint density at radius 1 is 0.857 bits per heavy atom. The highest BCUT2D eigenvalue weighted by molar-refractivity contribution is 9.10. The maximum Gasteiger partial charge on any atom is 0.273 e. The molecule has 6 nitrogen and oxygen atoms in total. The SMILES string of the molecule is O=C(N/N=C\c1cccc(Br)c1)c1ccccc1N(Cc1ccccc1)S(=O)(=O)c1ccccc1. The van der Waals surface area contributed by atoms with Crippen LogP contribution in [0.3, 0.4) is 0 Å². The van der Waals surface area contributed by atoms with E-state index < -0.39 is 15.9 Å². The van der Waals surface area contributed by atoms with Gasteiger partial charge in [-0.3, -0.25) is 9.10 Å². The van der Waals surface area contributed by atoms with Crippen LogP contribution in [0.1, 0.15) is 21.5 Å². The largest absolute Gasteiger partial charge is 0.273 e. The van der Waals surface area contributed by atoms with Gasteiger partial charge in [0.05, 0.1) is 28.9 Å². The quantitative estimate of drug-likeness (QED) is 0.230. The summed E-state index contributed by atoms with van der Waals surface area (Å²) in [5.41, 5.74) is 4.54. The van der Waals surface area contributed by atoms with E-state index >= 15 is 0 Å². The summed E-state index contributed by atoms with van der Waals surface area (Å²) in [6.07, 6.45) is 1.52. The summed E-state index contributed by atoms with van der Waals surface area (Å²) in [4.78, 5) is 13.2. The van der Waals surface area contributed by atoms with Crippen LogP contribution in [0.25, 0.3) is 0 Å². The molecule has 0 radical (unpaired) electrons. The highest BCUT2D eigenvalue weighted by Crippen LogP contribution is 2.29. The third-order valence-corrected chi connectivity index (χ3v) is 7.41. The molecule has 0 saturated carbocycles. The minimum atomic E-state index is -3.97. The van der Waals surface area contributed by atoms with Gasteiger partial charge in [0.2, 0.25) is 0 Å². The fraction of sp³-hybridized carbons (Fsp3) is 0.0370. The van der Waals surface area contributed by atoms with Crippen LogP contribution in [0.15, 0.2) is 124 Å². The van der Waals surface area contributed by atoms with Crippen molar-refractivity contribution in [1.29, 1.82) is 0 Å². The van der Waals surface area contributed by atoms with Gasteiger partial charge in [-0.2, -0.15) is 5.10 Å².